The van der Waals surface area contributed by atoms with Crippen molar-refractivity contribution >= 4 is 43.1 Å². The largest absolute Gasteiger partial charge is 0.264 e. The van der Waals surface area contributed by atoms with Crippen molar-refractivity contribution in [2.24, 2.45) is 0 Å². The van der Waals surface area contributed by atoms with Gasteiger partial charge in [-0.15, -0.1) is 0 Å². The summed E-state index contributed by atoms with van der Waals surface area (Å²) in [4.78, 5) is 12.6. The number of fused-ring (bicyclic) bond motifs is 1. The predicted molar refractivity (Wildman–Crippen MR) is 227 cm³/mol. The van der Waals surface area contributed by atoms with Crippen LogP contribution in [0.3, 0.4) is 0 Å². The van der Waals surface area contributed by atoms with Gasteiger partial charge < -0.3 is 0 Å². The first kappa shape index (κ1) is 34.5. The lowest BCUT2D eigenvalue weighted by atomic mass is 9.86. The molecule has 0 saturated carbocycles. The Morgan fingerprint density at radius 3 is 1.83 bits per heavy atom. The zero-order valence-electron chi connectivity index (χ0n) is 29.8. The first-order valence-corrected chi connectivity index (χ1v) is 17.6. The molecule has 3 aromatic heterocycles. The van der Waals surface area contributed by atoms with Gasteiger partial charge in [-0.25, -0.2) is 0 Å². The standard InChI is InChI=1S/C36H22N2.C8H10.C6H7N/c1-3-28-22-38-20-18-30(28)31(5-1)32-15-11-26-12-16-33-29(14-10-25-13-17-34(32)36(26)35(25)33)24-8-6-23(7-9-24)27-4-2-19-37-21-27;1-4-6-7-8(3)5-2;1-6-4-2-3-5-7-6/h1-22H;4-7H,1-3H2;2-5H,1H3/b;7-6-;. The first-order valence-electron chi connectivity index (χ1n) is 17.6. The van der Waals surface area contributed by atoms with Crippen LogP contribution in [0.4, 0.5) is 0 Å². The third-order valence-electron chi connectivity index (χ3n) is 9.35. The van der Waals surface area contributed by atoms with E-state index >= 15 is 0 Å². The molecule has 6 aromatic carbocycles. The second-order valence-electron chi connectivity index (χ2n) is 12.7. The van der Waals surface area contributed by atoms with E-state index in [1.807, 2.05) is 68.1 Å². The van der Waals surface area contributed by atoms with Gasteiger partial charge in [0.05, 0.1) is 0 Å². The highest BCUT2D eigenvalue weighted by atomic mass is 14.6. The molecule has 3 heteroatoms. The van der Waals surface area contributed by atoms with E-state index in [-0.39, 0.29) is 0 Å². The highest BCUT2D eigenvalue weighted by molar-refractivity contribution is 6.28. The number of rotatable bonds is 6. The Labute approximate surface area is 311 Å². The molecule has 0 spiro atoms. The van der Waals surface area contributed by atoms with E-state index in [4.69, 9.17) is 0 Å². The van der Waals surface area contributed by atoms with Crippen molar-refractivity contribution in [2.75, 3.05) is 0 Å². The van der Waals surface area contributed by atoms with Gasteiger partial charge in [0, 0.05) is 42.1 Å². The Hall–Kier alpha value is -6.97. The van der Waals surface area contributed by atoms with Crippen LogP contribution in [0.5, 0.6) is 0 Å². The van der Waals surface area contributed by atoms with Crippen molar-refractivity contribution in [1.29, 1.82) is 0 Å². The van der Waals surface area contributed by atoms with Crippen LogP contribution in [0.2, 0.25) is 0 Å². The van der Waals surface area contributed by atoms with E-state index in [2.05, 4.69) is 138 Å². The monoisotopic (exact) mass is 681 g/mol. The van der Waals surface area contributed by atoms with Crippen LogP contribution in [0.15, 0.2) is 208 Å². The molecular formula is C50H39N3. The second-order valence-corrected chi connectivity index (χ2v) is 12.7. The van der Waals surface area contributed by atoms with Crippen LogP contribution < -0.4 is 0 Å². The number of pyridine rings is 3. The average Bonchev–Trinajstić information content (AvgIpc) is 3.22. The van der Waals surface area contributed by atoms with E-state index in [1.165, 1.54) is 65.5 Å². The van der Waals surface area contributed by atoms with Gasteiger partial charge >= 0.3 is 0 Å². The molecule has 0 atom stereocenters. The molecule has 3 heterocycles. The number of benzene rings is 6. The van der Waals surface area contributed by atoms with Crippen molar-refractivity contribution in [3.63, 3.8) is 0 Å². The van der Waals surface area contributed by atoms with Gasteiger partial charge in [0.25, 0.3) is 0 Å². The Bertz CT molecular complexity index is 2700. The fourth-order valence-electron chi connectivity index (χ4n) is 6.73. The van der Waals surface area contributed by atoms with E-state index in [0.29, 0.717) is 0 Å². The summed E-state index contributed by atoms with van der Waals surface area (Å²) in [5.41, 5.74) is 9.26. The van der Waals surface area contributed by atoms with Gasteiger partial charge in [-0.1, -0.05) is 147 Å². The molecule has 0 fully saturated rings. The smallest absolute Gasteiger partial charge is 0.0372 e. The maximum absolute atomic E-state index is 4.33. The van der Waals surface area contributed by atoms with Gasteiger partial charge in [0.1, 0.15) is 0 Å². The highest BCUT2D eigenvalue weighted by Crippen LogP contribution is 2.43. The summed E-state index contributed by atoms with van der Waals surface area (Å²) in [7, 11) is 0. The summed E-state index contributed by atoms with van der Waals surface area (Å²) in [5, 5.41) is 10.2. The predicted octanol–water partition coefficient (Wildman–Crippen LogP) is 13.4. The number of allylic oxidation sites excluding steroid dienone is 5. The number of hydrogen-bond acceptors (Lipinski definition) is 3. The normalized spacial score (nSPS) is 10.9. The summed E-state index contributed by atoms with van der Waals surface area (Å²) in [6.07, 6.45) is 16.4. The molecule has 0 unspecified atom stereocenters. The molecular weight excluding hydrogens is 643 g/mol. The molecule has 254 valence electrons. The molecule has 0 aliphatic heterocycles. The molecule has 0 aliphatic rings. The molecule has 0 aliphatic carbocycles. The summed E-state index contributed by atoms with van der Waals surface area (Å²) < 4.78 is 0. The maximum atomic E-state index is 4.33. The fourth-order valence-corrected chi connectivity index (χ4v) is 6.73. The van der Waals surface area contributed by atoms with Crippen LogP contribution >= 0.6 is 0 Å². The minimum absolute atomic E-state index is 0.907. The van der Waals surface area contributed by atoms with Gasteiger partial charge in [-0.05, 0) is 108 Å². The highest BCUT2D eigenvalue weighted by Gasteiger charge is 2.16. The Balaban J connectivity index is 0.000000244. The molecule has 0 N–H and O–H groups in total. The third-order valence-corrected chi connectivity index (χ3v) is 9.35. The fraction of sp³-hybridized carbons (Fsp3) is 0.0200. The summed E-state index contributed by atoms with van der Waals surface area (Å²) in [5.74, 6) is 0. The Morgan fingerprint density at radius 1 is 0.509 bits per heavy atom. The number of nitrogens with zero attached hydrogens (tertiary/aromatic N) is 3. The molecule has 0 saturated heterocycles. The molecule has 9 rings (SSSR count). The third kappa shape index (κ3) is 7.42. The van der Waals surface area contributed by atoms with Crippen LogP contribution in [-0.2, 0) is 0 Å². The number of aryl methyl sites for hydroxylation is 1. The topological polar surface area (TPSA) is 38.7 Å². The lowest BCUT2D eigenvalue weighted by Crippen LogP contribution is -1.90. The summed E-state index contributed by atoms with van der Waals surface area (Å²) in [6, 6.07) is 45.6. The van der Waals surface area contributed by atoms with Crippen molar-refractivity contribution in [2.45, 2.75) is 6.92 Å². The van der Waals surface area contributed by atoms with Crippen molar-refractivity contribution in [1.82, 2.24) is 15.0 Å². The van der Waals surface area contributed by atoms with Crippen molar-refractivity contribution in [3.8, 4) is 33.4 Å². The van der Waals surface area contributed by atoms with Gasteiger partial charge in [-0.3, -0.25) is 15.0 Å². The zero-order valence-corrected chi connectivity index (χ0v) is 29.8. The molecule has 0 bridgehead atoms. The maximum Gasteiger partial charge on any atom is 0.0372 e. The molecule has 0 amide bonds. The molecule has 9 aromatic rings. The minimum Gasteiger partial charge on any atom is -0.264 e. The average molecular weight is 682 g/mol. The summed E-state index contributed by atoms with van der Waals surface area (Å²) >= 11 is 0. The van der Waals surface area contributed by atoms with Gasteiger partial charge in [-0.2, -0.15) is 0 Å². The number of hydrogen-bond donors (Lipinski definition) is 0. The zero-order chi connectivity index (χ0) is 36.6. The quantitative estimate of drug-likeness (QED) is 0.129. The van der Waals surface area contributed by atoms with Crippen molar-refractivity contribution in [3.05, 3.63) is 214 Å². The van der Waals surface area contributed by atoms with Crippen molar-refractivity contribution < 1.29 is 0 Å². The van der Waals surface area contributed by atoms with E-state index < -0.39 is 0 Å². The lowest BCUT2D eigenvalue weighted by Gasteiger charge is -2.17. The molecule has 0 radical (unpaired) electrons. The lowest BCUT2D eigenvalue weighted by molar-refractivity contribution is 1.20. The van der Waals surface area contributed by atoms with Crippen LogP contribution in [0, 0.1) is 6.92 Å². The molecule has 53 heavy (non-hydrogen) atoms. The molecule has 3 nitrogen and oxygen atoms in total. The van der Waals surface area contributed by atoms with E-state index in [9.17, 15) is 0 Å². The van der Waals surface area contributed by atoms with Crippen LogP contribution in [0.25, 0.3) is 76.5 Å². The summed E-state index contributed by atoms with van der Waals surface area (Å²) in [6.45, 7) is 12.7. The van der Waals surface area contributed by atoms with E-state index in [0.717, 1.165) is 22.2 Å². The Kier molecular flexibility index (Phi) is 10.4. The first-order chi connectivity index (χ1) is 26.1. The van der Waals surface area contributed by atoms with E-state index in [1.54, 1.807) is 18.3 Å². The van der Waals surface area contributed by atoms with Crippen LogP contribution in [-0.4, -0.2) is 15.0 Å². The van der Waals surface area contributed by atoms with Crippen LogP contribution in [0.1, 0.15) is 5.69 Å². The second kappa shape index (κ2) is 15.9. The minimum atomic E-state index is 0.907. The number of aromatic nitrogens is 3. The van der Waals surface area contributed by atoms with Gasteiger partial charge in [0.15, 0.2) is 0 Å². The SMILES string of the molecule is C=C/C=C\C(=C)C=C.Cc1ccccn1.c1cncc(-c2ccc(-c3ccc4ccc5c(-c6cccc7cnccc67)ccc6ccc3c4c65)cc2)c1. The van der Waals surface area contributed by atoms with Gasteiger partial charge in [0.2, 0.25) is 0 Å². The Morgan fingerprint density at radius 2 is 1.19 bits per heavy atom.